The van der Waals surface area contributed by atoms with Crippen molar-refractivity contribution in [2.75, 3.05) is 12.8 Å². The first kappa shape index (κ1) is 41.0. The number of ether oxygens (including phenoxy) is 1. The van der Waals surface area contributed by atoms with E-state index in [4.69, 9.17) is 45.3 Å². The zero-order valence-electron chi connectivity index (χ0n) is 30.2. The molecule has 2 N–H and O–H groups in total. The van der Waals surface area contributed by atoms with Crippen molar-refractivity contribution in [3.05, 3.63) is 194 Å². The monoisotopic (exact) mass is 810 g/mol. The van der Waals surface area contributed by atoms with Crippen molar-refractivity contribution in [2.24, 2.45) is 0 Å². The molecule has 15 heteroatoms. The van der Waals surface area contributed by atoms with Crippen LogP contribution in [0.5, 0.6) is 5.75 Å². The molecular formula is C41H37Cl3N8O4. The quantitative estimate of drug-likeness (QED) is 0.0730. The molecule has 0 aliphatic heterocycles. The molecule has 0 unspecified atom stereocenters. The van der Waals surface area contributed by atoms with Crippen LogP contribution < -0.4 is 10.5 Å². The van der Waals surface area contributed by atoms with Crippen LogP contribution in [0.1, 0.15) is 27.9 Å². The second kappa shape index (κ2) is 20.5. The first-order valence-corrected chi connectivity index (χ1v) is 18.2. The molecule has 0 radical (unpaired) electrons. The number of hydrogen-bond acceptors (Lipinski definition) is 8. The Kier molecular flexibility index (Phi) is 15.0. The number of nitrogen functional groups attached to an aromatic ring is 1. The van der Waals surface area contributed by atoms with Gasteiger partial charge in [-0.25, -0.2) is 9.97 Å². The molecule has 7 aromatic rings. The molecule has 3 heterocycles. The van der Waals surface area contributed by atoms with Crippen molar-refractivity contribution >= 4 is 58.3 Å². The Morgan fingerprint density at radius 2 is 1.23 bits per heavy atom. The predicted molar refractivity (Wildman–Crippen MR) is 220 cm³/mol. The van der Waals surface area contributed by atoms with E-state index in [1.165, 1.54) is 12.5 Å². The summed E-state index contributed by atoms with van der Waals surface area (Å²) in [7, 11) is 1.62. The van der Waals surface area contributed by atoms with Crippen molar-refractivity contribution in [1.82, 2.24) is 28.7 Å². The van der Waals surface area contributed by atoms with Gasteiger partial charge in [0.15, 0.2) is 5.78 Å². The molecular weight excluding hydrogens is 775 g/mol. The summed E-state index contributed by atoms with van der Waals surface area (Å²) in [6, 6.07) is 30.3. The zero-order valence-corrected chi connectivity index (χ0v) is 32.4. The molecule has 4 aromatic carbocycles. The smallest absolute Gasteiger partial charge is 0.381 e. The first-order chi connectivity index (χ1) is 27.0. The summed E-state index contributed by atoms with van der Waals surface area (Å²) < 4.78 is 10.6. The highest BCUT2D eigenvalue weighted by Crippen LogP contribution is 2.16. The molecule has 0 saturated carbocycles. The van der Waals surface area contributed by atoms with Crippen LogP contribution in [-0.2, 0) is 30.8 Å². The number of halogens is 3. The fourth-order valence-electron chi connectivity index (χ4n) is 5.26. The molecule has 0 saturated heterocycles. The lowest BCUT2D eigenvalue weighted by Gasteiger charge is -2.02. The number of methoxy groups -OCH3 is 1. The molecule has 286 valence electrons. The average Bonchev–Trinajstić information content (AvgIpc) is 3.93. The number of nitro groups is 1. The van der Waals surface area contributed by atoms with E-state index in [9.17, 15) is 14.9 Å². The highest BCUT2D eigenvalue weighted by Gasteiger charge is 2.10. The minimum Gasteiger partial charge on any atom is -0.497 e. The Morgan fingerprint density at radius 3 is 1.70 bits per heavy atom. The minimum atomic E-state index is -0.519. The van der Waals surface area contributed by atoms with Crippen LogP contribution in [-0.4, -0.2) is 46.5 Å². The standard InChI is InChI=1S/C21H19ClN2O2.C10H8ClN3O2.C10H10ClN3/c1-26-21-9-6-16(7-10-21)5-8-20(25)12-19-14-24(15-23-19)13-17-3-2-4-18(22)11-17;11-9-3-1-2-8(4-9)5-13-6-10(12-7-13)14(15)16;11-9-3-1-2-8(4-9)5-14-6-10(12)13-7-14/h2-11,14-15H,12-13H2,1H3;1-4,6-7H,5H2;1-4,6-7H,5,12H2/b8-5+;;. The number of carbonyl (C=O) groups excluding carboxylic acids is 1. The largest absolute Gasteiger partial charge is 0.497 e. The van der Waals surface area contributed by atoms with Crippen molar-refractivity contribution in [2.45, 2.75) is 26.1 Å². The summed E-state index contributed by atoms with van der Waals surface area (Å²) in [6.07, 6.45) is 13.6. The van der Waals surface area contributed by atoms with Crippen LogP contribution in [0.15, 0.2) is 141 Å². The number of hydrogen-bond donors (Lipinski definition) is 1. The molecule has 0 aliphatic carbocycles. The Bertz CT molecular complexity index is 2390. The number of imidazole rings is 3. The van der Waals surface area contributed by atoms with Gasteiger partial charge in [0.25, 0.3) is 0 Å². The molecule has 0 spiro atoms. The van der Waals surface area contributed by atoms with Crippen LogP contribution in [0.25, 0.3) is 6.08 Å². The van der Waals surface area contributed by atoms with Gasteiger partial charge in [-0.15, -0.1) is 0 Å². The normalized spacial score (nSPS) is 10.6. The summed E-state index contributed by atoms with van der Waals surface area (Å²) in [6.45, 7) is 1.93. The molecule has 0 fully saturated rings. The van der Waals surface area contributed by atoms with Gasteiger partial charge in [-0.2, -0.15) is 0 Å². The number of rotatable bonds is 12. The number of anilines is 1. The van der Waals surface area contributed by atoms with Gasteiger partial charge in [0.2, 0.25) is 6.33 Å². The van der Waals surface area contributed by atoms with E-state index < -0.39 is 4.92 Å². The molecule has 0 amide bonds. The fourth-order valence-corrected chi connectivity index (χ4v) is 5.90. The van der Waals surface area contributed by atoms with E-state index in [0.717, 1.165) is 45.3 Å². The van der Waals surface area contributed by atoms with Crippen molar-refractivity contribution in [1.29, 1.82) is 0 Å². The summed E-state index contributed by atoms with van der Waals surface area (Å²) in [5, 5.41) is 12.5. The van der Waals surface area contributed by atoms with Gasteiger partial charge in [0, 0.05) is 40.6 Å². The summed E-state index contributed by atoms with van der Waals surface area (Å²) >= 11 is 17.7. The van der Waals surface area contributed by atoms with E-state index in [0.29, 0.717) is 29.0 Å². The van der Waals surface area contributed by atoms with Gasteiger partial charge in [-0.05, 0) is 86.8 Å². The van der Waals surface area contributed by atoms with E-state index in [2.05, 4.69) is 15.0 Å². The molecule has 0 atom stereocenters. The van der Waals surface area contributed by atoms with Gasteiger partial charge in [0.05, 0.1) is 38.4 Å². The van der Waals surface area contributed by atoms with Crippen LogP contribution in [0.2, 0.25) is 15.1 Å². The number of nitrogens with two attached hydrogens (primary N) is 1. The molecule has 12 nitrogen and oxygen atoms in total. The van der Waals surface area contributed by atoms with Crippen LogP contribution in [0, 0.1) is 10.1 Å². The SMILES string of the molecule is COc1ccc(/C=C/C(=O)Cc2cn(Cc3cccc(Cl)c3)cn2)cc1.Nc1cn(Cc2cccc(Cl)c2)cn1.O=[N+]([O-])c1cn(Cc2cccc(Cl)c2)cn1. The zero-order chi connectivity index (χ0) is 39.9. The second-order valence-corrected chi connectivity index (χ2v) is 13.6. The number of ketones is 1. The van der Waals surface area contributed by atoms with E-state index in [1.54, 1.807) is 48.7 Å². The van der Waals surface area contributed by atoms with E-state index >= 15 is 0 Å². The van der Waals surface area contributed by atoms with Gasteiger partial charge in [-0.1, -0.05) is 89.4 Å². The number of nitrogens with zero attached hydrogens (tertiary/aromatic N) is 7. The Labute approximate surface area is 338 Å². The summed E-state index contributed by atoms with van der Waals surface area (Å²) in [5.74, 6) is 1.18. The van der Waals surface area contributed by atoms with Gasteiger partial charge in [0.1, 0.15) is 17.8 Å². The van der Waals surface area contributed by atoms with E-state index in [-0.39, 0.29) is 18.0 Å². The van der Waals surface area contributed by atoms with Crippen molar-refractivity contribution in [3.63, 3.8) is 0 Å². The first-order valence-electron chi connectivity index (χ1n) is 17.0. The number of allylic oxidation sites excluding steroid dienone is 1. The van der Waals surface area contributed by atoms with Gasteiger partial charge < -0.3 is 34.3 Å². The minimum absolute atomic E-state index is 0.00817. The lowest BCUT2D eigenvalue weighted by molar-refractivity contribution is -0.389. The van der Waals surface area contributed by atoms with Crippen molar-refractivity contribution in [3.8, 4) is 5.75 Å². The molecule has 3 aromatic heterocycles. The highest BCUT2D eigenvalue weighted by molar-refractivity contribution is 6.31. The number of benzene rings is 4. The molecule has 7 rings (SSSR count). The van der Waals surface area contributed by atoms with Gasteiger partial charge >= 0.3 is 5.82 Å². The Morgan fingerprint density at radius 1 is 0.732 bits per heavy atom. The third-order valence-corrected chi connectivity index (χ3v) is 8.55. The maximum absolute atomic E-state index is 12.1. The molecule has 0 aliphatic rings. The lowest BCUT2D eigenvalue weighted by atomic mass is 10.1. The third-order valence-electron chi connectivity index (χ3n) is 7.84. The highest BCUT2D eigenvalue weighted by atomic mass is 35.5. The summed E-state index contributed by atoms with van der Waals surface area (Å²) in [5.41, 5.74) is 10.4. The van der Waals surface area contributed by atoms with Crippen LogP contribution in [0.4, 0.5) is 11.6 Å². The lowest BCUT2D eigenvalue weighted by Crippen LogP contribution is -1.99. The third kappa shape index (κ3) is 13.6. The summed E-state index contributed by atoms with van der Waals surface area (Å²) in [4.78, 5) is 34.0. The van der Waals surface area contributed by atoms with Crippen LogP contribution >= 0.6 is 34.8 Å². The second-order valence-electron chi connectivity index (χ2n) is 12.3. The van der Waals surface area contributed by atoms with Gasteiger partial charge in [-0.3, -0.25) is 4.79 Å². The number of carbonyl (C=O) groups is 1. The average molecular weight is 812 g/mol. The van der Waals surface area contributed by atoms with E-state index in [1.807, 2.05) is 106 Å². The predicted octanol–water partition coefficient (Wildman–Crippen LogP) is 9.08. The van der Waals surface area contributed by atoms with Crippen LogP contribution in [0.3, 0.4) is 0 Å². The molecule has 0 bridgehead atoms. The number of aromatic nitrogens is 6. The Balaban J connectivity index is 0.000000172. The fraction of sp³-hybridized carbons (Fsp3) is 0.122. The Hall–Kier alpha value is -6.21. The topological polar surface area (TPSA) is 149 Å². The van der Waals surface area contributed by atoms with Crippen molar-refractivity contribution < 1.29 is 14.5 Å². The maximum atomic E-state index is 12.1. The maximum Gasteiger partial charge on any atom is 0.381 e. The molecule has 56 heavy (non-hydrogen) atoms.